The van der Waals surface area contributed by atoms with Crippen LogP contribution in [-0.4, -0.2) is 63.1 Å². The molecule has 2 aliphatic heterocycles. The SMILES string of the molecule is CC(=O)N[C@H]1CC2(CCN(Cc3ccn[nH]3)CC2)OC[C@]1(C)O. The predicted octanol–water partition coefficient (Wildman–Crippen LogP) is 0.420. The number of hydrogen-bond acceptors (Lipinski definition) is 5. The zero-order chi connectivity index (χ0) is 16.5. The molecule has 1 spiro atoms. The molecule has 1 amide bonds. The highest BCUT2D eigenvalue weighted by Gasteiger charge is 2.48. The Hall–Kier alpha value is -1.44. The summed E-state index contributed by atoms with van der Waals surface area (Å²) in [6.07, 6.45) is 4.25. The minimum atomic E-state index is -1.01. The van der Waals surface area contributed by atoms with Gasteiger partial charge < -0.3 is 15.2 Å². The van der Waals surface area contributed by atoms with Crippen molar-refractivity contribution in [2.75, 3.05) is 19.7 Å². The van der Waals surface area contributed by atoms with Crippen LogP contribution in [0.2, 0.25) is 0 Å². The van der Waals surface area contributed by atoms with Gasteiger partial charge in [-0.25, -0.2) is 0 Å². The van der Waals surface area contributed by atoms with E-state index in [9.17, 15) is 9.90 Å². The van der Waals surface area contributed by atoms with E-state index in [0.29, 0.717) is 6.42 Å². The number of aromatic amines is 1. The van der Waals surface area contributed by atoms with Crippen LogP contribution in [0.25, 0.3) is 0 Å². The maximum atomic E-state index is 11.4. The van der Waals surface area contributed by atoms with Crippen LogP contribution in [0.5, 0.6) is 0 Å². The average molecular weight is 322 g/mol. The van der Waals surface area contributed by atoms with Crippen molar-refractivity contribution in [1.29, 1.82) is 0 Å². The first kappa shape index (κ1) is 16.4. The van der Waals surface area contributed by atoms with Crippen molar-refractivity contribution in [3.8, 4) is 0 Å². The number of aromatic nitrogens is 2. The van der Waals surface area contributed by atoms with Gasteiger partial charge in [0.2, 0.25) is 5.91 Å². The van der Waals surface area contributed by atoms with Gasteiger partial charge in [0.1, 0.15) is 5.60 Å². The highest BCUT2D eigenvalue weighted by atomic mass is 16.5. The number of nitrogens with one attached hydrogen (secondary N) is 2. The Balaban J connectivity index is 1.59. The third kappa shape index (κ3) is 3.73. The molecule has 2 aliphatic rings. The van der Waals surface area contributed by atoms with Crippen molar-refractivity contribution in [3.63, 3.8) is 0 Å². The Morgan fingerprint density at radius 1 is 1.57 bits per heavy atom. The number of carbonyl (C=O) groups excluding carboxylic acids is 1. The summed E-state index contributed by atoms with van der Waals surface area (Å²) in [5.41, 5.74) is -0.131. The summed E-state index contributed by atoms with van der Waals surface area (Å²) in [6, 6.07) is 1.73. The lowest BCUT2D eigenvalue weighted by molar-refractivity contribution is -0.193. The summed E-state index contributed by atoms with van der Waals surface area (Å²) in [5, 5.41) is 20.3. The molecule has 3 rings (SSSR count). The van der Waals surface area contributed by atoms with Crippen molar-refractivity contribution in [2.24, 2.45) is 0 Å². The lowest BCUT2D eigenvalue weighted by Crippen LogP contribution is -2.63. The quantitative estimate of drug-likeness (QED) is 0.750. The Morgan fingerprint density at radius 3 is 2.91 bits per heavy atom. The molecule has 23 heavy (non-hydrogen) atoms. The number of rotatable bonds is 3. The molecule has 0 saturated carbocycles. The Kier molecular flexibility index (Phi) is 4.44. The van der Waals surface area contributed by atoms with Crippen molar-refractivity contribution in [1.82, 2.24) is 20.4 Å². The van der Waals surface area contributed by atoms with Crippen LogP contribution in [0.15, 0.2) is 12.3 Å². The number of hydrogen-bond donors (Lipinski definition) is 3. The van der Waals surface area contributed by atoms with Gasteiger partial charge in [-0.2, -0.15) is 5.10 Å². The fourth-order valence-electron chi connectivity index (χ4n) is 3.58. The number of likely N-dealkylation sites (tertiary alicyclic amines) is 1. The van der Waals surface area contributed by atoms with E-state index in [0.717, 1.165) is 38.2 Å². The first-order chi connectivity index (χ1) is 10.9. The van der Waals surface area contributed by atoms with Gasteiger partial charge in [-0.1, -0.05) is 0 Å². The molecule has 0 bridgehead atoms. The van der Waals surface area contributed by atoms with Gasteiger partial charge in [-0.15, -0.1) is 0 Å². The van der Waals surface area contributed by atoms with E-state index >= 15 is 0 Å². The minimum absolute atomic E-state index is 0.107. The van der Waals surface area contributed by atoms with Crippen molar-refractivity contribution < 1.29 is 14.6 Å². The number of nitrogens with zero attached hydrogens (tertiary/aromatic N) is 2. The monoisotopic (exact) mass is 322 g/mol. The van der Waals surface area contributed by atoms with E-state index in [1.54, 1.807) is 13.1 Å². The average Bonchev–Trinajstić information content (AvgIpc) is 2.99. The summed E-state index contributed by atoms with van der Waals surface area (Å²) in [5.74, 6) is -0.107. The summed E-state index contributed by atoms with van der Waals surface area (Å²) in [4.78, 5) is 13.8. The van der Waals surface area contributed by atoms with Crippen LogP contribution in [0.1, 0.15) is 38.8 Å². The number of piperidine rings is 1. The van der Waals surface area contributed by atoms with Crippen LogP contribution in [0.3, 0.4) is 0 Å². The van der Waals surface area contributed by atoms with Crippen molar-refractivity contribution in [3.05, 3.63) is 18.0 Å². The molecule has 128 valence electrons. The van der Waals surface area contributed by atoms with Gasteiger partial charge in [0.05, 0.1) is 18.2 Å². The first-order valence-electron chi connectivity index (χ1n) is 8.23. The van der Waals surface area contributed by atoms with E-state index in [1.165, 1.54) is 6.92 Å². The lowest BCUT2D eigenvalue weighted by Gasteiger charge is -2.50. The number of carbonyl (C=O) groups is 1. The Labute approximate surface area is 136 Å². The first-order valence-corrected chi connectivity index (χ1v) is 8.23. The molecule has 1 aromatic rings. The zero-order valence-corrected chi connectivity index (χ0v) is 13.8. The second-order valence-electron chi connectivity index (χ2n) is 7.14. The summed E-state index contributed by atoms with van der Waals surface area (Å²) in [7, 11) is 0. The fraction of sp³-hybridized carbons (Fsp3) is 0.750. The topological polar surface area (TPSA) is 90.5 Å². The molecule has 3 N–H and O–H groups in total. The van der Waals surface area contributed by atoms with Gasteiger partial charge in [-0.05, 0) is 32.3 Å². The Bertz CT molecular complexity index is 536. The second kappa shape index (κ2) is 6.22. The van der Waals surface area contributed by atoms with E-state index in [1.807, 2.05) is 6.07 Å². The van der Waals surface area contributed by atoms with E-state index in [4.69, 9.17) is 4.74 Å². The number of ether oxygens (including phenoxy) is 1. The molecular formula is C16H26N4O3. The predicted molar refractivity (Wildman–Crippen MR) is 84.6 cm³/mol. The van der Waals surface area contributed by atoms with Crippen LogP contribution >= 0.6 is 0 Å². The maximum Gasteiger partial charge on any atom is 0.217 e. The Morgan fingerprint density at radius 2 is 2.30 bits per heavy atom. The maximum absolute atomic E-state index is 11.4. The molecule has 1 aromatic heterocycles. The van der Waals surface area contributed by atoms with Gasteiger partial charge in [-0.3, -0.25) is 14.8 Å². The molecule has 2 fully saturated rings. The van der Waals surface area contributed by atoms with Crippen LogP contribution in [0.4, 0.5) is 0 Å². The molecular weight excluding hydrogens is 296 g/mol. The summed E-state index contributed by atoms with van der Waals surface area (Å²) >= 11 is 0. The van der Waals surface area contributed by atoms with Crippen molar-refractivity contribution >= 4 is 5.91 Å². The molecule has 2 saturated heterocycles. The number of amides is 1. The molecule has 7 nitrogen and oxygen atoms in total. The van der Waals surface area contributed by atoms with E-state index < -0.39 is 5.60 Å². The van der Waals surface area contributed by atoms with E-state index in [2.05, 4.69) is 20.4 Å². The van der Waals surface area contributed by atoms with Crippen LogP contribution in [0, 0.1) is 0 Å². The van der Waals surface area contributed by atoms with E-state index in [-0.39, 0.29) is 24.2 Å². The minimum Gasteiger partial charge on any atom is -0.386 e. The highest BCUT2D eigenvalue weighted by Crippen LogP contribution is 2.38. The summed E-state index contributed by atoms with van der Waals surface area (Å²) < 4.78 is 6.07. The van der Waals surface area contributed by atoms with Gasteiger partial charge >= 0.3 is 0 Å². The number of H-pyrrole nitrogens is 1. The van der Waals surface area contributed by atoms with Gasteiger partial charge in [0.25, 0.3) is 0 Å². The zero-order valence-electron chi connectivity index (χ0n) is 13.8. The number of aliphatic hydroxyl groups is 1. The summed E-state index contributed by atoms with van der Waals surface area (Å²) in [6.45, 7) is 6.22. The lowest BCUT2D eigenvalue weighted by atomic mass is 9.77. The second-order valence-corrected chi connectivity index (χ2v) is 7.14. The molecule has 2 atom stereocenters. The molecule has 0 radical (unpaired) electrons. The third-order valence-corrected chi connectivity index (χ3v) is 5.09. The normalized spacial score (nSPS) is 31.2. The smallest absolute Gasteiger partial charge is 0.217 e. The molecule has 0 aromatic carbocycles. The molecule has 3 heterocycles. The van der Waals surface area contributed by atoms with Gasteiger partial charge in [0.15, 0.2) is 0 Å². The van der Waals surface area contributed by atoms with Crippen LogP contribution < -0.4 is 5.32 Å². The molecule has 0 aliphatic carbocycles. The van der Waals surface area contributed by atoms with Crippen molar-refractivity contribution in [2.45, 2.75) is 56.9 Å². The third-order valence-electron chi connectivity index (χ3n) is 5.09. The fourth-order valence-corrected chi connectivity index (χ4v) is 3.58. The molecule has 0 unspecified atom stereocenters. The molecule has 7 heteroatoms. The standard InChI is InChI=1S/C16H26N4O3/c1-12(21)18-14-9-16(23-11-15(14,2)22)4-7-20(8-5-16)10-13-3-6-17-19-13/h3,6,14,22H,4-5,7-11H2,1-2H3,(H,17,19)(H,18,21)/t14-,15-/m0/s1. The largest absolute Gasteiger partial charge is 0.386 e. The van der Waals surface area contributed by atoms with Gasteiger partial charge in [0, 0.05) is 38.4 Å². The highest BCUT2D eigenvalue weighted by molar-refractivity contribution is 5.73. The van der Waals surface area contributed by atoms with Crippen LogP contribution in [-0.2, 0) is 16.1 Å².